The van der Waals surface area contributed by atoms with Crippen LogP contribution in [0, 0.1) is 0 Å². The van der Waals surface area contributed by atoms with Gasteiger partial charge in [-0.15, -0.1) is 11.3 Å². The smallest absolute Gasteiger partial charge is 0.242 e. The lowest BCUT2D eigenvalue weighted by molar-refractivity contribution is -0.128. The Morgan fingerprint density at radius 3 is 2.81 bits per heavy atom. The lowest BCUT2D eigenvalue weighted by Crippen LogP contribution is -2.41. The minimum atomic E-state index is -3.87. The van der Waals surface area contributed by atoms with Crippen LogP contribution in [0.2, 0.25) is 0 Å². The summed E-state index contributed by atoms with van der Waals surface area (Å²) < 4.78 is 33.5. The van der Waals surface area contributed by atoms with E-state index >= 15 is 0 Å². The fourth-order valence-electron chi connectivity index (χ4n) is 3.40. The van der Waals surface area contributed by atoms with Crippen LogP contribution in [0.1, 0.15) is 11.3 Å². The third-order valence-corrected chi connectivity index (χ3v) is 7.47. The Labute approximate surface area is 184 Å². The van der Waals surface area contributed by atoms with Gasteiger partial charge in [0.1, 0.15) is 24.3 Å². The van der Waals surface area contributed by atoms with Gasteiger partial charge in [0.2, 0.25) is 15.9 Å². The predicted octanol–water partition coefficient (Wildman–Crippen LogP) is 2.15. The number of likely N-dealkylation sites (tertiary alicyclic amines) is 1. The van der Waals surface area contributed by atoms with Gasteiger partial charge in [-0.25, -0.2) is 13.4 Å². The van der Waals surface area contributed by atoms with E-state index < -0.39 is 16.1 Å². The van der Waals surface area contributed by atoms with E-state index in [1.165, 1.54) is 22.3 Å². The van der Waals surface area contributed by atoms with Crippen molar-refractivity contribution in [1.29, 1.82) is 0 Å². The van der Waals surface area contributed by atoms with Gasteiger partial charge in [-0.3, -0.25) is 4.79 Å². The molecule has 162 valence electrons. The van der Waals surface area contributed by atoms with E-state index in [-0.39, 0.29) is 17.5 Å². The highest BCUT2D eigenvalue weighted by Crippen LogP contribution is 2.24. The van der Waals surface area contributed by atoms with Crippen LogP contribution in [0.4, 0.5) is 0 Å². The van der Waals surface area contributed by atoms with Crippen molar-refractivity contribution in [1.82, 2.24) is 9.62 Å². The van der Waals surface area contributed by atoms with Crippen molar-refractivity contribution in [2.24, 2.45) is 10.7 Å². The zero-order valence-corrected chi connectivity index (χ0v) is 18.4. The fourth-order valence-corrected chi connectivity index (χ4v) is 5.31. The molecule has 1 atom stereocenters. The Hall–Kier alpha value is -2.95. The van der Waals surface area contributed by atoms with Gasteiger partial charge in [0.15, 0.2) is 0 Å². The summed E-state index contributed by atoms with van der Waals surface area (Å²) in [6, 6.07) is 13.2. The van der Waals surface area contributed by atoms with Gasteiger partial charge >= 0.3 is 0 Å². The highest BCUT2D eigenvalue weighted by atomic mass is 32.2. The lowest BCUT2D eigenvalue weighted by atomic mass is 10.1. The van der Waals surface area contributed by atoms with E-state index in [4.69, 9.17) is 10.5 Å². The standard InChI is InChI=1S/C21H22N4O4S2/c1-29-16-6-4-14-5-7-17(12-15(14)11-16)31(27,28)24-18-8-9-25(21(18)26)13-23-20(22)19-3-2-10-30-19/h2-7,10-12,18,24H,8-9,13H2,1H3,(H2,22,23)/t18-/m0/s1. The number of sulfonamides is 1. The number of carbonyl (C=O) groups excluding carboxylic acids is 1. The highest BCUT2D eigenvalue weighted by Gasteiger charge is 2.34. The number of benzene rings is 2. The number of fused-ring (bicyclic) bond motifs is 1. The summed E-state index contributed by atoms with van der Waals surface area (Å²) in [6.07, 6.45) is 0.369. The second kappa shape index (κ2) is 8.66. The number of amides is 1. The van der Waals surface area contributed by atoms with E-state index in [0.29, 0.717) is 24.6 Å². The van der Waals surface area contributed by atoms with E-state index in [1.807, 2.05) is 29.6 Å². The van der Waals surface area contributed by atoms with Crippen LogP contribution in [0.3, 0.4) is 0 Å². The number of ether oxygens (including phenoxy) is 1. The second-order valence-corrected chi connectivity index (χ2v) is 9.76. The van der Waals surface area contributed by atoms with Crippen molar-refractivity contribution < 1.29 is 17.9 Å². The number of rotatable bonds is 7. The largest absolute Gasteiger partial charge is 0.497 e. The molecule has 3 aromatic rings. The lowest BCUT2D eigenvalue weighted by Gasteiger charge is -2.15. The number of hydrogen-bond acceptors (Lipinski definition) is 6. The van der Waals surface area contributed by atoms with Crippen LogP contribution < -0.4 is 15.2 Å². The summed E-state index contributed by atoms with van der Waals surface area (Å²) in [4.78, 5) is 19.4. The SMILES string of the molecule is COc1ccc2ccc(S(=O)(=O)N[C@H]3CCN(CN=C(N)c4cccs4)C3=O)cc2c1. The molecule has 0 unspecified atom stereocenters. The average Bonchev–Trinajstić information content (AvgIpc) is 3.42. The van der Waals surface area contributed by atoms with Gasteiger partial charge in [0.05, 0.1) is 16.9 Å². The van der Waals surface area contributed by atoms with Gasteiger partial charge in [0, 0.05) is 6.54 Å². The monoisotopic (exact) mass is 458 g/mol. The number of carbonyl (C=O) groups is 1. The number of methoxy groups -OCH3 is 1. The molecule has 0 aliphatic carbocycles. The van der Waals surface area contributed by atoms with E-state index in [1.54, 1.807) is 25.3 Å². The first-order valence-corrected chi connectivity index (χ1v) is 12.0. The summed E-state index contributed by atoms with van der Waals surface area (Å²) in [5.41, 5.74) is 5.94. The molecule has 1 saturated heterocycles. The van der Waals surface area contributed by atoms with Crippen LogP contribution >= 0.6 is 11.3 Å². The van der Waals surface area contributed by atoms with Crippen molar-refractivity contribution in [3.05, 3.63) is 58.8 Å². The van der Waals surface area contributed by atoms with Gasteiger partial charge in [-0.1, -0.05) is 18.2 Å². The molecule has 1 amide bonds. The molecule has 1 fully saturated rings. The predicted molar refractivity (Wildman–Crippen MR) is 121 cm³/mol. The van der Waals surface area contributed by atoms with Crippen LogP contribution in [-0.4, -0.2) is 51.4 Å². The molecule has 0 spiro atoms. The van der Waals surface area contributed by atoms with E-state index in [0.717, 1.165) is 15.6 Å². The van der Waals surface area contributed by atoms with Gasteiger partial charge < -0.3 is 15.4 Å². The molecular weight excluding hydrogens is 436 g/mol. The number of nitrogens with two attached hydrogens (primary N) is 1. The average molecular weight is 459 g/mol. The van der Waals surface area contributed by atoms with Crippen LogP contribution in [0.25, 0.3) is 10.8 Å². The van der Waals surface area contributed by atoms with Crippen molar-refractivity contribution >= 4 is 43.9 Å². The molecule has 10 heteroatoms. The maximum atomic E-state index is 12.9. The first-order valence-electron chi connectivity index (χ1n) is 9.60. The minimum Gasteiger partial charge on any atom is -0.497 e. The molecule has 1 aliphatic rings. The maximum Gasteiger partial charge on any atom is 0.242 e. The molecule has 0 saturated carbocycles. The Balaban J connectivity index is 1.46. The number of hydrogen-bond donors (Lipinski definition) is 2. The normalized spacial score (nSPS) is 17.5. The second-order valence-electron chi connectivity index (χ2n) is 7.10. The van der Waals surface area contributed by atoms with Crippen molar-refractivity contribution in [3.63, 3.8) is 0 Å². The summed E-state index contributed by atoms with van der Waals surface area (Å²) in [7, 11) is -2.32. The summed E-state index contributed by atoms with van der Waals surface area (Å²) in [5.74, 6) is 0.686. The molecule has 0 bridgehead atoms. The third-order valence-electron chi connectivity index (χ3n) is 5.11. The minimum absolute atomic E-state index is 0.0938. The first kappa shape index (κ1) is 21.3. The van der Waals surface area contributed by atoms with Crippen LogP contribution in [-0.2, 0) is 14.8 Å². The Morgan fingerprint density at radius 1 is 1.26 bits per heavy atom. The zero-order chi connectivity index (χ0) is 22.0. The first-order chi connectivity index (χ1) is 14.9. The number of nitrogens with one attached hydrogen (secondary N) is 1. The topological polar surface area (TPSA) is 114 Å². The molecule has 1 aliphatic heterocycles. The Morgan fingerprint density at radius 2 is 2.06 bits per heavy atom. The Kier molecular flexibility index (Phi) is 5.94. The molecule has 1 aromatic heterocycles. The third kappa shape index (κ3) is 4.55. The molecule has 8 nitrogen and oxygen atoms in total. The van der Waals surface area contributed by atoms with Gasteiger partial charge in [0.25, 0.3) is 0 Å². The maximum absolute atomic E-state index is 12.9. The molecular formula is C21H22N4O4S2. The van der Waals surface area contributed by atoms with Crippen molar-refractivity contribution in [2.45, 2.75) is 17.4 Å². The molecule has 2 heterocycles. The van der Waals surface area contributed by atoms with E-state index in [9.17, 15) is 13.2 Å². The molecule has 0 radical (unpaired) electrons. The molecule has 31 heavy (non-hydrogen) atoms. The highest BCUT2D eigenvalue weighted by molar-refractivity contribution is 7.89. The van der Waals surface area contributed by atoms with E-state index in [2.05, 4.69) is 9.71 Å². The van der Waals surface area contributed by atoms with Crippen LogP contribution in [0.15, 0.2) is 63.8 Å². The molecule has 2 aromatic carbocycles. The zero-order valence-electron chi connectivity index (χ0n) is 16.8. The fraction of sp³-hybridized carbons (Fsp3) is 0.238. The number of nitrogens with zero attached hydrogens (tertiary/aromatic N) is 2. The summed E-state index contributed by atoms with van der Waals surface area (Å²) in [6.45, 7) is 0.499. The number of amidine groups is 1. The molecule has 3 N–H and O–H groups in total. The summed E-state index contributed by atoms with van der Waals surface area (Å²) >= 11 is 1.46. The van der Waals surface area contributed by atoms with Gasteiger partial charge in [-0.2, -0.15) is 4.72 Å². The quantitative estimate of drug-likeness (QED) is 0.416. The van der Waals surface area contributed by atoms with Crippen LogP contribution in [0.5, 0.6) is 5.75 Å². The van der Waals surface area contributed by atoms with Crippen molar-refractivity contribution in [2.75, 3.05) is 20.3 Å². The molecule has 4 rings (SSSR count). The summed E-state index contributed by atoms with van der Waals surface area (Å²) in [5, 5.41) is 3.52. The number of thiophene rings is 1. The van der Waals surface area contributed by atoms with Crippen molar-refractivity contribution in [3.8, 4) is 5.75 Å². The number of aliphatic imine (C=N–C) groups is 1. The van der Waals surface area contributed by atoms with Gasteiger partial charge in [-0.05, 0) is 52.9 Å². The Bertz CT molecular complexity index is 1240.